The van der Waals surface area contributed by atoms with Gasteiger partial charge in [-0.05, 0) is 24.7 Å². The third-order valence-corrected chi connectivity index (χ3v) is 4.00. The van der Waals surface area contributed by atoms with Crippen LogP contribution < -0.4 is 10.6 Å². The molecule has 0 spiro atoms. The monoisotopic (exact) mass is 300 g/mol. The molecular formula is C15H28N2O4. The maximum absolute atomic E-state index is 11.9. The number of rotatable bonds is 7. The number of hydrogen-bond donors (Lipinski definition) is 3. The average molecular weight is 300 g/mol. The zero-order chi connectivity index (χ0) is 15.9. The van der Waals surface area contributed by atoms with E-state index in [2.05, 4.69) is 24.5 Å². The van der Waals surface area contributed by atoms with E-state index in [1.807, 2.05) is 6.92 Å². The molecule has 0 aromatic heterocycles. The van der Waals surface area contributed by atoms with Crippen molar-refractivity contribution in [1.82, 2.24) is 10.6 Å². The minimum absolute atomic E-state index is 0.0632. The standard InChI is InChI=1S/C15H28N2O4/c1-11(2)10-21-9-8-16-14(20)17-15(13(18)19)7-5-4-6-12(15)3/h11-12H,4-10H2,1-3H3,(H,18,19)(H2,16,17,20). The lowest BCUT2D eigenvalue weighted by molar-refractivity contribution is -0.148. The number of carbonyl (C=O) groups excluding carboxylic acids is 1. The highest BCUT2D eigenvalue weighted by Gasteiger charge is 2.46. The number of urea groups is 1. The quantitative estimate of drug-likeness (QED) is 0.627. The van der Waals surface area contributed by atoms with Crippen LogP contribution in [0.1, 0.15) is 46.5 Å². The van der Waals surface area contributed by atoms with E-state index < -0.39 is 17.5 Å². The van der Waals surface area contributed by atoms with Crippen molar-refractivity contribution in [3.8, 4) is 0 Å². The number of carboxylic acids is 1. The lowest BCUT2D eigenvalue weighted by Crippen LogP contribution is -2.62. The summed E-state index contributed by atoms with van der Waals surface area (Å²) >= 11 is 0. The molecule has 6 nitrogen and oxygen atoms in total. The molecule has 2 atom stereocenters. The van der Waals surface area contributed by atoms with Crippen LogP contribution in [0.5, 0.6) is 0 Å². The third kappa shape index (κ3) is 5.19. The fourth-order valence-electron chi connectivity index (χ4n) is 2.71. The number of amides is 2. The first-order valence-electron chi connectivity index (χ1n) is 7.75. The molecule has 0 saturated heterocycles. The zero-order valence-electron chi connectivity index (χ0n) is 13.3. The van der Waals surface area contributed by atoms with Crippen LogP contribution in [-0.4, -0.2) is 42.4 Å². The van der Waals surface area contributed by atoms with Crippen molar-refractivity contribution < 1.29 is 19.4 Å². The summed E-state index contributed by atoms with van der Waals surface area (Å²) in [5, 5.41) is 14.9. The van der Waals surface area contributed by atoms with Crippen LogP contribution in [0, 0.1) is 11.8 Å². The summed E-state index contributed by atoms with van der Waals surface area (Å²) < 4.78 is 5.37. The van der Waals surface area contributed by atoms with Gasteiger partial charge in [-0.1, -0.05) is 33.6 Å². The molecule has 3 N–H and O–H groups in total. The molecule has 1 aliphatic carbocycles. The lowest BCUT2D eigenvalue weighted by Gasteiger charge is -2.39. The molecule has 0 radical (unpaired) electrons. The number of carbonyl (C=O) groups is 2. The predicted octanol–water partition coefficient (Wildman–Crippen LogP) is 1.99. The third-order valence-electron chi connectivity index (χ3n) is 4.00. The van der Waals surface area contributed by atoms with Gasteiger partial charge in [0.15, 0.2) is 0 Å². The molecule has 122 valence electrons. The van der Waals surface area contributed by atoms with E-state index in [1.54, 1.807) is 0 Å². The Balaban J connectivity index is 2.41. The minimum Gasteiger partial charge on any atom is -0.479 e. The maximum atomic E-state index is 11.9. The van der Waals surface area contributed by atoms with Gasteiger partial charge in [0.25, 0.3) is 0 Å². The van der Waals surface area contributed by atoms with E-state index in [4.69, 9.17) is 4.74 Å². The van der Waals surface area contributed by atoms with E-state index in [-0.39, 0.29) is 5.92 Å². The molecule has 0 aromatic rings. The van der Waals surface area contributed by atoms with Crippen molar-refractivity contribution in [3.05, 3.63) is 0 Å². The number of aliphatic carboxylic acids is 1. The molecule has 1 aliphatic rings. The fraction of sp³-hybridized carbons (Fsp3) is 0.867. The van der Waals surface area contributed by atoms with Crippen molar-refractivity contribution in [2.45, 2.75) is 52.0 Å². The molecule has 21 heavy (non-hydrogen) atoms. The molecule has 2 amide bonds. The predicted molar refractivity (Wildman–Crippen MR) is 80.2 cm³/mol. The summed E-state index contributed by atoms with van der Waals surface area (Å²) in [6.45, 7) is 7.46. The largest absolute Gasteiger partial charge is 0.479 e. The zero-order valence-corrected chi connectivity index (χ0v) is 13.3. The number of hydrogen-bond acceptors (Lipinski definition) is 3. The van der Waals surface area contributed by atoms with Crippen LogP contribution in [0.4, 0.5) is 4.79 Å². The van der Waals surface area contributed by atoms with Crippen molar-refractivity contribution in [2.75, 3.05) is 19.8 Å². The highest BCUT2D eigenvalue weighted by molar-refractivity contribution is 5.86. The van der Waals surface area contributed by atoms with Crippen LogP contribution in [0.3, 0.4) is 0 Å². The highest BCUT2D eigenvalue weighted by Crippen LogP contribution is 2.33. The summed E-state index contributed by atoms with van der Waals surface area (Å²) in [5.74, 6) is -0.551. The van der Waals surface area contributed by atoms with E-state index >= 15 is 0 Å². The van der Waals surface area contributed by atoms with Crippen molar-refractivity contribution in [3.63, 3.8) is 0 Å². The Hall–Kier alpha value is -1.30. The first-order chi connectivity index (χ1) is 9.88. The van der Waals surface area contributed by atoms with E-state index in [9.17, 15) is 14.7 Å². The van der Waals surface area contributed by atoms with Crippen molar-refractivity contribution in [2.24, 2.45) is 11.8 Å². The second-order valence-corrected chi connectivity index (χ2v) is 6.27. The topological polar surface area (TPSA) is 87.7 Å². The van der Waals surface area contributed by atoms with Gasteiger partial charge in [0, 0.05) is 13.2 Å². The second kappa shape index (κ2) is 8.22. The van der Waals surface area contributed by atoms with Crippen LogP contribution in [0.2, 0.25) is 0 Å². The summed E-state index contributed by atoms with van der Waals surface area (Å²) in [6.07, 6.45) is 3.15. The highest BCUT2D eigenvalue weighted by atomic mass is 16.5. The number of nitrogens with one attached hydrogen (secondary N) is 2. The average Bonchev–Trinajstić information content (AvgIpc) is 2.40. The lowest BCUT2D eigenvalue weighted by atomic mass is 9.73. The molecule has 6 heteroatoms. The summed E-state index contributed by atoms with van der Waals surface area (Å²) in [7, 11) is 0. The smallest absolute Gasteiger partial charge is 0.329 e. The molecule has 1 rings (SSSR count). The second-order valence-electron chi connectivity index (χ2n) is 6.27. The van der Waals surface area contributed by atoms with Crippen LogP contribution in [0.15, 0.2) is 0 Å². The Morgan fingerprint density at radius 1 is 1.38 bits per heavy atom. The molecule has 1 saturated carbocycles. The first-order valence-corrected chi connectivity index (χ1v) is 7.75. The van der Waals surface area contributed by atoms with Gasteiger partial charge in [0.2, 0.25) is 0 Å². The normalized spacial score (nSPS) is 25.6. The van der Waals surface area contributed by atoms with Gasteiger partial charge in [-0.2, -0.15) is 0 Å². The van der Waals surface area contributed by atoms with Crippen LogP contribution in [0.25, 0.3) is 0 Å². The number of carboxylic acid groups (broad SMARTS) is 1. The molecule has 0 aliphatic heterocycles. The summed E-state index contributed by atoms with van der Waals surface area (Å²) in [4.78, 5) is 23.5. The Morgan fingerprint density at radius 3 is 2.67 bits per heavy atom. The SMILES string of the molecule is CC(C)COCCNC(=O)NC1(C(=O)O)CCCCC1C. The van der Waals surface area contributed by atoms with Crippen molar-refractivity contribution >= 4 is 12.0 Å². The van der Waals surface area contributed by atoms with Gasteiger partial charge in [-0.15, -0.1) is 0 Å². The Bertz CT molecular complexity index is 360. The summed E-state index contributed by atoms with van der Waals surface area (Å²) in [5.41, 5.74) is -1.14. The fourth-order valence-corrected chi connectivity index (χ4v) is 2.71. The Kier molecular flexibility index (Phi) is 6.95. The molecular weight excluding hydrogens is 272 g/mol. The van der Waals surface area contributed by atoms with Gasteiger partial charge in [-0.25, -0.2) is 9.59 Å². The molecule has 2 unspecified atom stereocenters. The van der Waals surface area contributed by atoms with Crippen LogP contribution >= 0.6 is 0 Å². The molecule has 0 heterocycles. The van der Waals surface area contributed by atoms with E-state index in [1.165, 1.54) is 0 Å². The minimum atomic E-state index is -1.14. The molecule has 1 fully saturated rings. The van der Waals surface area contributed by atoms with Crippen molar-refractivity contribution in [1.29, 1.82) is 0 Å². The van der Waals surface area contributed by atoms with Crippen LogP contribution in [-0.2, 0) is 9.53 Å². The van der Waals surface area contributed by atoms with Gasteiger partial charge < -0.3 is 20.5 Å². The van der Waals surface area contributed by atoms with Gasteiger partial charge in [0.1, 0.15) is 5.54 Å². The molecule has 0 aromatic carbocycles. The number of ether oxygens (including phenoxy) is 1. The molecule has 0 bridgehead atoms. The van der Waals surface area contributed by atoms with E-state index in [0.29, 0.717) is 32.1 Å². The Labute approximate surface area is 126 Å². The first kappa shape index (κ1) is 17.8. The van der Waals surface area contributed by atoms with Gasteiger partial charge in [-0.3, -0.25) is 0 Å². The van der Waals surface area contributed by atoms with Gasteiger partial charge >= 0.3 is 12.0 Å². The van der Waals surface area contributed by atoms with E-state index in [0.717, 1.165) is 19.3 Å². The Morgan fingerprint density at radius 2 is 2.10 bits per heavy atom. The maximum Gasteiger partial charge on any atom is 0.329 e. The van der Waals surface area contributed by atoms with Gasteiger partial charge in [0.05, 0.1) is 6.61 Å². The summed E-state index contributed by atoms with van der Waals surface area (Å²) in [6, 6.07) is -0.431.